The molecule has 8 nitrogen and oxygen atoms in total. The van der Waals surface area contributed by atoms with Gasteiger partial charge in [0.05, 0.1) is 11.4 Å². The zero-order valence-electron chi connectivity index (χ0n) is 27.1. The SMILES string of the molecule is CC/C=C/c1c(C#N)c(=O)n2[nH]c(C(CC)CCCC)nc2c1Nc1sc(N(CCCC)CCCC)nc1C(C)(C)C. The summed E-state index contributed by atoms with van der Waals surface area (Å²) < 4.78 is 1.46. The second-order valence-electron chi connectivity index (χ2n) is 12.1. The molecule has 0 radical (unpaired) electrons. The fourth-order valence-electron chi connectivity index (χ4n) is 5.10. The van der Waals surface area contributed by atoms with Crippen molar-refractivity contribution in [3.8, 4) is 6.07 Å². The molecule has 0 aliphatic heterocycles. The summed E-state index contributed by atoms with van der Waals surface area (Å²) in [6.07, 6.45) is 13.3. The summed E-state index contributed by atoms with van der Waals surface area (Å²) in [4.78, 5) is 26.2. The third-order valence-electron chi connectivity index (χ3n) is 7.66. The van der Waals surface area contributed by atoms with Gasteiger partial charge in [0.25, 0.3) is 5.56 Å². The Bertz CT molecular complexity index is 1430. The normalized spacial score (nSPS) is 12.7. The Morgan fingerprint density at radius 1 is 1.07 bits per heavy atom. The maximum Gasteiger partial charge on any atom is 0.289 e. The number of hydrogen-bond acceptors (Lipinski definition) is 7. The fourth-order valence-corrected chi connectivity index (χ4v) is 6.33. The lowest BCUT2D eigenvalue weighted by molar-refractivity contribution is 0.542. The number of allylic oxidation sites excluding steroid dienone is 1. The van der Waals surface area contributed by atoms with Crippen LogP contribution in [0, 0.1) is 11.3 Å². The van der Waals surface area contributed by atoms with Gasteiger partial charge in [-0.3, -0.25) is 9.89 Å². The summed E-state index contributed by atoms with van der Waals surface area (Å²) in [5.41, 5.74) is 2.24. The Hall–Kier alpha value is -3.12. The van der Waals surface area contributed by atoms with E-state index in [2.05, 4.69) is 69.9 Å². The van der Waals surface area contributed by atoms with Crippen LogP contribution in [0.15, 0.2) is 10.9 Å². The van der Waals surface area contributed by atoms with Crippen molar-refractivity contribution in [1.82, 2.24) is 19.6 Å². The van der Waals surface area contributed by atoms with Crippen LogP contribution in [0.1, 0.15) is 142 Å². The van der Waals surface area contributed by atoms with Crippen LogP contribution in [-0.2, 0) is 5.41 Å². The molecule has 0 spiro atoms. The molecular formula is C33H51N7OS. The summed E-state index contributed by atoms with van der Waals surface area (Å²) in [5, 5.41) is 19.1. The summed E-state index contributed by atoms with van der Waals surface area (Å²) in [6, 6.07) is 2.20. The van der Waals surface area contributed by atoms with Gasteiger partial charge in [-0.05, 0) is 32.1 Å². The lowest BCUT2D eigenvalue weighted by atomic mass is 9.92. The van der Waals surface area contributed by atoms with Crippen molar-refractivity contribution in [1.29, 1.82) is 5.26 Å². The third-order valence-corrected chi connectivity index (χ3v) is 8.69. The van der Waals surface area contributed by atoms with Gasteiger partial charge in [-0.2, -0.15) is 9.78 Å². The van der Waals surface area contributed by atoms with Crippen LogP contribution in [0.5, 0.6) is 0 Å². The van der Waals surface area contributed by atoms with Gasteiger partial charge in [0.1, 0.15) is 22.5 Å². The first-order valence-electron chi connectivity index (χ1n) is 15.9. The van der Waals surface area contributed by atoms with Crippen LogP contribution in [0.2, 0.25) is 0 Å². The van der Waals surface area contributed by atoms with Gasteiger partial charge in [0.2, 0.25) is 0 Å². The molecule has 0 aliphatic carbocycles. The van der Waals surface area contributed by atoms with Crippen LogP contribution >= 0.6 is 11.3 Å². The minimum absolute atomic E-state index is 0.103. The van der Waals surface area contributed by atoms with E-state index in [0.29, 0.717) is 16.9 Å². The molecule has 3 heterocycles. The molecule has 0 saturated carbocycles. The van der Waals surface area contributed by atoms with E-state index in [1.54, 1.807) is 11.3 Å². The van der Waals surface area contributed by atoms with E-state index in [-0.39, 0.29) is 22.5 Å². The van der Waals surface area contributed by atoms with Gasteiger partial charge in [0, 0.05) is 30.0 Å². The Morgan fingerprint density at radius 3 is 2.29 bits per heavy atom. The van der Waals surface area contributed by atoms with Gasteiger partial charge >= 0.3 is 0 Å². The van der Waals surface area contributed by atoms with Crippen molar-refractivity contribution >= 4 is 38.9 Å². The molecule has 1 unspecified atom stereocenters. The fraction of sp³-hybridized carbons (Fsp3) is 0.636. The molecule has 0 aliphatic rings. The van der Waals surface area contributed by atoms with E-state index in [1.807, 2.05) is 19.1 Å². The number of anilines is 3. The van der Waals surface area contributed by atoms with Crippen LogP contribution < -0.4 is 15.8 Å². The van der Waals surface area contributed by atoms with E-state index >= 15 is 0 Å². The molecule has 3 rings (SSSR count). The number of thiazole rings is 1. The van der Waals surface area contributed by atoms with Crippen LogP contribution in [0.3, 0.4) is 0 Å². The van der Waals surface area contributed by atoms with Gasteiger partial charge < -0.3 is 10.2 Å². The summed E-state index contributed by atoms with van der Waals surface area (Å²) in [7, 11) is 0. The van der Waals surface area contributed by atoms with E-state index in [9.17, 15) is 10.1 Å². The maximum atomic E-state index is 13.6. The van der Waals surface area contributed by atoms with E-state index < -0.39 is 0 Å². The Morgan fingerprint density at radius 2 is 1.74 bits per heavy atom. The first-order valence-corrected chi connectivity index (χ1v) is 16.7. The van der Waals surface area contributed by atoms with Crippen molar-refractivity contribution in [2.75, 3.05) is 23.3 Å². The standard InChI is InChI=1S/C33H51N7OS/c1-9-14-18-23(13-5)28-37-29-26(24(19-15-10-2)25(22-34)31(41)40(29)38-28)35-30-27(33(6,7)8)36-32(42-30)39(20-16-11-3)21-17-12-4/h15,19,23,35H,9-14,16-18,20-21H2,1-8H3,(H,37,38)/b19-15+. The summed E-state index contributed by atoms with van der Waals surface area (Å²) >= 11 is 1.65. The minimum atomic E-state index is -0.371. The highest BCUT2D eigenvalue weighted by atomic mass is 32.1. The molecule has 0 fully saturated rings. The highest BCUT2D eigenvalue weighted by Gasteiger charge is 2.28. The molecule has 3 aromatic heterocycles. The van der Waals surface area contributed by atoms with Crippen LogP contribution in [0.4, 0.5) is 15.8 Å². The Kier molecular flexibility index (Phi) is 12.2. The smallest absolute Gasteiger partial charge is 0.289 e. The van der Waals surface area contributed by atoms with Crippen molar-refractivity contribution in [2.45, 2.75) is 125 Å². The number of pyridine rings is 1. The Balaban J connectivity index is 2.28. The number of unbranched alkanes of at least 4 members (excludes halogenated alkanes) is 3. The van der Waals surface area contributed by atoms with E-state index in [4.69, 9.17) is 9.97 Å². The predicted octanol–water partition coefficient (Wildman–Crippen LogP) is 8.91. The van der Waals surface area contributed by atoms with Crippen molar-refractivity contribution < 1.29 is 0 Å². The van der Waals surface area contributed by atoms with Gasteiger partial charge in [0.15, 0.2) is 10.8 Å². The third kappa shape index (κ3) is 7.63. The van der Waals surface area contributed by atoms with E-state index in [1.165, 1.54) is 4.52 Å². The summed E-state index contributed by atoms with van der Waals surface area (Å²) in [5.74, 6) is 1.00. The van der Waals surface area contributed by atoms with Gasteiger partial charge in [-0.15, -0.1) is 0 Å². The zero-order valence-corrected chi connectivity index (χ0v) is 27.9. The number of hydrogen-bond donors (Lipinski definition) is 2. The lowest BCUT2D eigenvalue weighted by Gasteiger charge is -2.21. The average molecular weight is 594 g/mol. The number of nitrogens with one attached hydrogen (secondary N) is 2. The molecular weight excluding hydrogens is 542 g/mol. The monoisotopic (exact) mass is 593 g/mol. The Labute approximate surface area is 256 Å². The second-order valence-corrected chi connectivity index (χ2v) is 13.1. The number of H-pyrrole nitrogens is 1. The van der Waals surface area contributed by atoms with Crippen molar-refractivity contribution in [3.63, 3.8) is 0 Å². The van der Waals surface area contributed by atoms with Crippen LogP contribution in [0.25, 0.3) is 11.7 Å². The molecule has 2 N–H and O–H groups in total. The molecule has 0 saturated heterocycles. The van der Waals surface area contributed by atoms with E-state index in [0.717, 1.165) is 92.5 Å². The number of aromatic amines is 1. The molecule has 230 valence electrons. The number of nitrogens with zero attached hydrogens (tertiary/aromatic N) is 5. The minimum Gasteiger partial charge on any atom is -0.348 e. The maximum absolute atomic E-state index is 13.6. The number of rotatable bonds is 16. The molecule has 0 bridgehead atoms. The lowest BCUT2D eigenvalue weighted by Crippen LogP contribution is -2.25. The zero-order chi connectivity index (χ0) is 30.9. The molecule has 42 heavy (non-hydrogen) atoms. The molecule has 3 aromatic rings. The highest BCUT2D eigenvalue weighted by molar-refractivity contribution is 7.19. The van der Waals surface area contributed by atoms with Crippen LogP contribution in [-0.4, -0.2) is 32.7 Å². The predicted molar refractivity (Wildman–Crippen MR) is 179 cm³/mol. The topological polar surface area (TPSA) is 102 Å². The molecule has 9 heteroatoms. The van der Waals surface area contributed by atoms with Gasteiger partial charge in [-0.1, -0.05) is 105 Å². The first kappa shape index (κ1) is 33.4. The molecule has 0 amide bonds. The average Bonchev–Trinajstić information content (AvgIpc) is 3.60. The summed E-state index contributed by atoms with van der Waals surface area (Å²) in [6.45, 7) is 19.3. The largest absolute Gasteiger partial charge is 0.348 e. The number of nitriles is 1. The number of fused-ring (bicyclic) bond motifs is 1. The highest BCUT2D eigenvalue weighted by Crippen LogP contribution is 2.41. The molecule has 1 atom stereocenters. The van der Waals surface area contributed by atoms with Crippen molar-refractivity contribution in [3.05, 3.63) is 39.1 Å². The number of aromatic nitrogens is 4. The van der Waals surface area contributed by atoms with Crippen molar-refractivity contribution in [2.24, 2.45) is 0 Å². The molecule has 0 aromatic carbocycles. The quantitative estimate of drug-likeness (QED) is 0.172. The first-order chi connectivity index (χ1) is 20.1. The van der Waals surface area contributed by atoms with Gasteiger partial charge in [-0.25, -0.2) is 9.97 Å². The second kappa shape index (κ2) is 15.4.